The number of hydrogen-bond donors (Lipinski definition) is 0. The summed E-state index contributed by atoms with van der Waals surface area (Å²) in [5, 5.41) is 0. The van der Waals surface area contributed by atoms with Crippen LogP contribution in [0.4, 0.5) is 0 Å². The molecule has 0 saturated heterocycles. The summed E-state index contributed by atoms with van der Waals surface area (Å²) < 4.78 is 5.32. The zero-order chi connectivity index (χ0) is 26.1. The third-order valence-electron chi connectivity index (χ3n) is 6.32. The molecule has 0 saturated carbocycles. The van der Waals surface area contributed by atoms with Crippen LogP contribution in [0.1, 0.15) is 146 Å². The van der Waals surface area contributed by atoms with Crippen molar-refractivity contribution in [2.45, 2.75) is 136 Å². The number of Topliss-reactive ketones (excluding diaryl/α,β-unsaturated/α-hetero) is 1. The molecule has 0 spiro atoms. The van der Waals surface area contributed by atoms with E-state index in [1.807, 2.05) is 0 Å². The lowest BCUT2D eigenvalue weighted by atomic mass is 10.1. The number of carbonyl (C=O) groups is 2. The summed E-state index contributed by atoms with van der Waals surface area (Å²) in [5.41, 5.74) is 0.619. The van der Waals surface area contributed by atoms with Gasteiger partial charge in [0.2, 0.25) is 0 Å². The Kier molecular flexibility index (Phi) is 20.1. The first-order valence-corrected chi connectivity index (χ1v) is 14.4. The zero-order valence-electron chi connectivity index (χ0n) is 23.0. The van der Waals surface area contributed by atoms with E-state index in [0.717, 1.165) is 38.5 Å². The van der Waals surface area contributed by atoms with Gasteiger partial charge in [0.25, 0.3) is 0 Å². The lowest BCUT2D eigenvalue weighted by molar-refractivity contribution is -0.134. The van der Waals surface area contributed by atoms with Gasteiger partial charge >= 0.3 is 5.97 Å². The predicted octanol–water partition coefficient (Wildman–Crippen LogP) is 9.23. The monoisotopic (exact) mass is 492 g/mol. The van der Waals surface area contributed by atoms with Gasteiger partial charge in [0.05, 0.1) is 0 Å². The van der Waals surface area contributed by atoms with E-state index >= 15 is 0 Å². The van der Waals surface area contributed by atoms with Crippen LogP contribution in [0, 0.1) is 23.7 Å². The van der Waals surface area contributed by atoms with Gasteiger partial charge in [-0.2, -0.15) is 0 Å². The highest BCUT2D eigenvalue weighted by molar-refractivity contribution is 5.94. The highest BCUT2D eigenvalue weighted by atomic mass is 16.5. The maximum absolute atomic E-state index is 11.9. The Balaban J connectivity index is 1.88. The summed E-state index contributed by atoms with van der Waals surface area (Å²) in [7, 11) is 0. The quantitative estimate of drug-likeness (QED) is 0.0599. The lowest BCUT2D eigenvalue weighted by Gasteiger charge is -2.05. The molecule has 198 valence electrons. The van der Waals surface area contributed by atoms with Crippen molar-refractivity contribution in [2.24, 2.45) is 0 Å². The maximum atomic E-state index is 11.9. The number of ketones is 1. The van der Waals surface area contributed by atoms with Crippen LogP contribution < -0.4 is 4.74 Å². The van der Waals surface area contributed by atoms with E-state index < -0.39 is 0 Å². The standard InChI is InChI=1S/C33H48O3/c1-3-4-5-6-7-8-9-10-11-12-13-14-15-16-17-18-19-20-21-22-23-24-25-33(35)36-32-28-26-31(27-29-32)30(2)34/h26-29H,3-13,18-25H2,1-2H3. The Morgan fingerprint density at radius 2 is 1.08 bits per heavy atom. The predicted molar refractivity (Wildman–Crippen MR) is 151 cm³/mol. The van der Waals surface area contributed by atoms with E-state index in [0.29, 0.717) is 17.7 Å². The second-order valence-electron chi connectivity index (χ2n) is 9.71. The lowest BCUT2D eigenvalue weighted by Crippen LogP contribution is -2.07. The van der Waals surface area contributed by atoms with Gasteiger partial charge in [0.15, 0.2) is 5.78 Å². The van der Waals surface area contributed by atoms with Crippen molar-refractivity contribution < 1.29 is 14.3 Å². The molecule has 0 aromatic heterocycles. The van der Waals surface area contributed by atoms with Gasteiger partial charge < -0.3 is 4.74 Å². The van der Waals surface area contributed by atoms with Crippen LogP contribution in [-0.2, 0) is 4.79 Å². The highest BCUT2D eigenvalue weighted by Crippen LogP contribution is 2.15. The van der Waals surface area contributed by atoms with Gasteiger partial charge in [0.1, 0.15) is 5.75 Å². The molecule has 0 aliphatic rings. The van der Waals surface area contributed by atoms with Crippen molar-refractivity contribution in [1.29, 1.82) is 0 Å². The number of benzene rings is 1. The largest absolute Gasteiger partial charge is 0.427 e. The number of esters is 1. The van der Waals surface area contributed by atoms with Crippen molar-refractivity contribution in [2.75, 3.05) is 0 Å². The summed E-state index contributed by atoms with van der Waals surface area (Å²) in [6.07, 6.45) is 22.4. The van der Waals surface area contributed by atoms with Crippen LogP contribution in [-0.4, -0.2) is 11.8 Å². The topological polar surface area (TPSA) is 43.4 Å². The van der Waals surface area contributed by atoms with E-state index in [9.17, 15) is 9.59 Å². The van der Waals surface area contributed by atoms with Gasteiger partial charge in [-0.05, 0) is 62.3 Å². The molecule has 0 atom stereocenters. The molecule has 3 nitrogen and oxygen atoms in total. The zero-order valence-corrected chi connectivity index (χ0v) is 23.0. The molecule has 0 amide bonds. The fourth-order valence-electron chi connectivity index (χ4n) is 4.04. The first kappa shape index (κ1) is 31.5. The molecular formula is C33H48O3. The maximum Gasteiger partial charge on any atom is 0.311 e. The van der Waals surface area contributed by atoms with Crippen molar-refractivity contribution in [3.63, 3.8) is 0 Å². The fourth-order valence-corrected chi connectivity index (χ4v) is 4.04. The Bertz CT molecular complexity index is 830. The van der Waals surface area contributed by atoms with Gasteiger partial charge in [-0.15, -0.1) is 0 Å². The summed E-state index contributed by atoms with van der Waals surface area (Å²) in [6, 6.07) is 6.70. The second kappa shape index (κ2) is 22.9. The minimum Gasteiger partial charge on any atom is -0.427 e. The highest BCUT2D eigenvalue weighted by Gasteiger charge is 2.06. The van der Waals surface area contributed by atoms with E-state index in [2.05, 4.69) is 30.6 Å². The van der Waals surface area contributed by atoms with Crippen molar-refractivity contribution >= 4 is 11.8 Å². The molecule has 0 bridgehead atoms. The molecule has 0 aliphatic carbocycles. The van der Waals surface area contributed by atoms with Crippen LogP contribution in [0.25, 0.3) is 0 Å². The van der Waals surface area contributed by atoms with Crippen molar-refractivity contribution in [3.05, 3.63) is 29.8 Å². The van der Waals surface area contributed by atoms with Gasteiger partial charge in [-0.3, -0.25) is 9.59 Å². The molecular weight excluding hydrogens is 444 g/mol. The molecule has 0 radical (unpaired) electrons. The normalized spacial score (nSPS) is 10.2. The number of ether oxygens (including phenoxy) is 1. The number of rotatable bonds is 20. The molecule has 0 N–H and O–H groups in total. The van der Waals surface area contributed by atoms with Crippen LogP contribution in [0.15, 0.2) is 24.3 Å². The third-order valence-corrected chi connectivity index (χ3v) is 6.32. The van der Waals surface area contributed by atoms with Crippen molar-refractivity contribution in [1.82, 2.24) is 0 Å². The third kappa shape index (κ3) is 18.8. The minimum atomic E-state index is -0.213. The van der Waals surface area contributed by atoms with Crippen molar-refractivity contribution in [3.8, 4) is 29.4 Å². The average molecular weight is 493 g/mol. The molecule has 1 rings (SSSR count). The number of unbranched alkanes of at least 4 members (excludes halogenated alkanes) is 16. The Labute approximate surface area is 221 Å². The van der Waals surface area contributed by atoms with E-state index in [1.165, 1.54) is 84.0 Å². The van der Waals surface area contributed by atoms with Gasteiger partial charge in [-0.1, -0.05) is 102 Å². The molecule has 1 aromatic carbocycles. The molecule has 36 heavy (non-hydrogen) atoms. The SMILES string of the molecule is CCCCCCCCCCCCC#CC#CCCCCCCCCC(=O)Oc1ccc(C(C)=O)cc1. The minimum absolute atomic E-state index is 0.00316. The number of hydrogen-bond acceptors (Lipinski definition) is 3. The molecule has 3 heteroatoms. The Morgan fingerprint density at radius 3 is 1.56 bits per heavy atom. The van der Waals surface area contributed by atoms with E-state index in [-0.39, 0.29) is 11.8 Å². The molecule has 0 aliphatic heterocycles. The summed E-state index contributed by atoms with van der Waals surface area (Å²) in [6.45, 7) is 3.79. The van der Waals surface area contributed by atoms with Crippen LogP contribution in [0.3, 0.4) is 0 Å². The van der Waals surface area contributed by atoms with Crippen LogP contribution >= 0.6 is 0 Å². The van der Waals surface area contributed by atoms with E-state index in [1.54, 1.807) is 24.3 Å². The van der Waals surface area contributed by atoms with Gasteiger partial charge in [0, 0.05) is 24.8 Å². The number of carbonyl (C=O) groups excluding carboxylic acids is 2. The summed E-state index contributed by atoms with van der Waals surface area (Å²) >= 11 is 0. The summed E-state index contributed by atoms with van der Waals surface area (Å²) in [4.78, 5) is 23.2. The molecule has 1 aromatic rings. The average Bonchev–Trinajstić information content (AvgIpc) is 2.87. The van der Waals surface area contributed by atoms with Gasteiger partial charge in [-0.25, -0.2) is 0 Å². The second-order valence-corrected chi connectivity index (χ2v) is 9.71. The molecule has 0 fully saturated rings. The smallest absolute Gasteiger partial charge is 0.311 e. The first-order valence-electron chi connectivity index (χ1n) is 14.4. The van der Waals surface area contributed by atoms with Crippen LogP contribution in [0.5, 0.6) is 5.75 Å². The van der Waals surface area contributed by atoms with E-state index in [4.69, 9.17) is 4.74 Å². The first-order chi connectivity index (χ1) is 17.6. The molecule has 0 unspecified atom stereocenters. The fraction of sp³-hybridized carbons (Fsp3) is 0.636. The Hall–Kier alpha value is -2.52. The molecule has 0 heterocycles. The van der Waals surface area contributed by atoms with Crippen LogP contribution in [0.2, 0.25) is 0 Å². The Morgan fingerprint density at radius 1 is 0.639 bits per heavy atom. The summed E-state index contributed by atoms with van der Waals surface area (Å²) in [5.74, 6) is 12.6.